The number of hydrogen-bond donors (Lipinski definition) is 0. The lowest BCUT2D eigenvalue weighted by atomic mass is 9.97. The van der Waals surface area contributed by atoms with Crippen molar-refractivity contribution in [3.05, 3.63) is 124 Å². The normalized spacial score (nSPS) is 13.3. The maximum absolute atomic E-state index is 3.81. The first-order valence-electron chi connectivity index (χ1n) is 10.6. The molecule has 0 saturated heterocycles. The number of rotatable bonds is 3. The van der Waals surface area contributed by atoms with Gasteiger partial charge in [0.15, 0.2) is 0 Å². The van der Waals surface area contributed by atoms with Gasteiger partial charge in [-0.2, -0.15) is 0 Å². The van der Waals surface area contributed by atoms with Crippen LogP contribution in [0.1, 0.15) is 22.3 Å². The summed E-state index contributed by atoms with van der Waals surface area (Å²) in [5.41, 5.74) is 5.73. The molecule has 0 N–H and O–H groups in total. The van der Waals surface area contributed by atoms with Gasteiger partial charge in [-0.1, -0.05) is 107 Å². The van der Waals surface area contributed by atoms with Crippen LogP contribution in [0.5, 0.6) is 0 Å². The van der Waals surface area contributed by atoms with Gasteiger partial charge in [-0.3, -0.25) is 0 Å². The average Bonchev–Trinajstić information content (AvgIpc) is 2.78. The quantitative estimate of drug-likeness (QED) is 0.317. The van der Waals surface area contributed by atoms with Crippen LogP contribution in [0.15, 0.2) is 102 Å². The largest absolute Gasteiger partial charge is 0.0622 e. The van der Waals surface area contributed by atoms with Crippen molar-refractivity contribution in [2.75, 3.05) is 0 Å². The smallest absolute Gasteiger partial charge is 0.0210 e. The molecule has 0 heterocycles. The second-order valence-electron chi connectivity index (χ2n) is 7.90. The monoisotopic (exact) mass is 470 g/mol. The highest BCUT2D eigenvalue weighted by Crippen LogP contribution is 2.35. The van der Waals surface area contributed by atoms with E-state index in [-0.39, 0.29) is 0 Å². The summed E-state index contributed by atoms with van der Waals surface area (Å²) in [5.74, 6) is 0. The zero-order valence-electron chi connectivity index (χ0n) is 16.9. The molecule has 4 aromatic carbocycles. The van der Waals surface area contributed by atoms with Crippen LogP contribution in [0.3, 0.4) is 0 Å². The topological polar surface area (TPSA) is 0 Å². The van der Waals surface area contributed by atoms with E-state index < -0.39 is 7.92 Å². The highest BCUT2D eigenvalue weighted by molar-refractivity contribution is 9.10. The van der Waals surface area contributed by atoms with E-state index in [1.165, 1.54) is 42.6 Å². The highest BCUT2D eigenvalue weighted by atomic mass is 79.9. The number of aryl methyl sites for hydroxylation is 4. The van der Waals surface area contributed by atoms with Crippen molar-refractivity contribution in [1.82, 2.24) is 0 Å². The number of benzene rings is 4. The van der Waals surface area contributed by atoms with Gasteiger partial charge in [-0.25, -0.2) is 0 Å². The van der Waals surface area contributed by atoms with Crippen molar-refractivity contribution in [2.24, 2.45) is 0 Å². The lowest BCUT2D eigenvalue weighted by Crippen LogP contribution is -2.24. The van der Waals surface area contributed by atoms with E-state index in [1.54, 1.807) is 0 Å². The zero-order chi connectivity index (χ0) is 20.3. The first-order valence-corrected chi connectivity index (χ1v) is 12.7. The van der Waals surface area contributed by atoms with Gasteiger partial charge in [0.2, 0.25) is 0 Å². The second-order valence-corrected chi connectivity index (χ2v) is 10.9. The Morgan fingerprint density at radius 1 is 0.533 bits per heavy atom. The molecule has 0 aliphatic heterocycles. The maximum atomic E-state index is 3.81. The maximum Gasteiger partial charge on any atom is 0.0210 e. The van der Waals surface area contributed by atoms with E-state index in [1.807, 2.05) is 0 Å². The van der Waals surface area contributed by atoms with E-state index in [0.29, 0.717) is 0 Å². The molecule has 8 rings (SSSR count). The Hall–Kier alpha value is -2.21. The van der Waals surface area contributed by atoms with Crippen LogP contribution in [-0.2, 0) is 25.7 Å². The third kappa shape index (κ3) is 4.15. The molecule has 0 fully saturated rings. The molecule has 0 atom stereocenters. The lowest BCUT2D eigenvalue weighted by molar-refractivity contribution is 0.922. The van der Waals surface area contributed by atoms with Gasteiger partial charge < -0.3 is 0 Å². The van der Waals surface area contributed by atoms with Gasteiger partial charge in [-0.15, -0.1) is 0 Å². The third-order valence-electron chi connectivity index (χ3n) is 5.90. The molecule has 4 aliphatic rings. The summed E-state index contributed by atoms with van der Waals surface area (Å²) in [7, 11) is -0.575. The van der Waals surface area contributed by atoms with Crippen molar-refractivity contribution in [2.45, 2.75) is 25.7 Å². The first-order chi connectivity index (χ1) is 14.8. The Morgan fingerprint density at radius 3 is 1.67 bits per heavy atom. The summed E-state index contributed by atoms with van der Waals surface area (Å²) in [5, 5.41) is 4.37. The summed E-state index contributed by atoms with van der Waals surface area (Å²) in [6.45, 7) is 0. The van der Waals surface area contributed by atoms with Gasteiger partial charge in [0, 0.05) is 4.47 Å². The fraction of sp³-hybridized carbons (Fsp3) is 0.143. The minimum Gasteiger partial charge on any atom is -0.0622 e. The van der Waals surface area contributed by atoms with Crippen LogP contribution in [0.25, 0.3) is 0 Å². The molecule has 0 spiro atoms. The fourth-order valence-corrected chi connectivity index (χ4v) is 7.46. The molecule has 0 saturated carbocycles. The van der Waals surface area contributed by atoms with Crippen LogP contribution in [0.2, 0.25) is 0 Å². The zero-order valence-corrected chi connectivity index (χ0v) is 19.4. The highest BCUT2D eigenvalue weighted by Gasteiger charge is 2.20. The molecule has 148 valence electrons. The number of halogens is 1. The molecule has 0 unspecified atom stereocenters. The van der Waals surface area contributed by atoms with Crippen LogP contribution >= 0.6 is 23.9 Å². The SMILES string of the molecule is Brc1cc2ccc1CCc1ccc(cc1P(c1ccccc1)c1ccccc1)CC2. The molecule has 30 heavy (non-hydrogen) atoms. The molecular weight excluding hydrogens is 447 g/mol. The molecular formula is C28H24BrP. The first kappa shape index (κ1) is 19.7. The van der Waals surface area contributed by atoms with Gasteiger partial charge in [0.25, 0.3) is 0 Å². The third-order valence-corrected chi connectivity index (χ3v) is 9.17. The lowest BCUT2D eigenvalue weighted by Gasteiger charge is -2.24. The van der Waals surface area contributed by atoms with E-state index in [4.69, 9.17) is 0 Å². The molecule has 4 bridgehead atoms. The minimum absolute atomic E-state index is 0.575. The molecule has 4 aliphatic carbocycles. The molecule has 0 aromatic heterocycles. The van der Waals surface area contributed by atoms with Crippen LogP contribution < -0.4 is 15.9 Å². The summed E-state index contributed by atoms with van der Waals surface area (Å²) in [6.07, 6.45) is 4.27. The van der Waals surface area contributed by atoms with Crippen molar-refractivity contribution in [1.29, 1.82) is 0 Å². The summed E-state index contributed by atoms with van der Waals surface area (Å²) < 4.78 is 1.25. The van der Waals surface area contributed by atoms with Gasteiger partial charge >= 0.3 is 0 Å². The average molecular weight is 471 g/mol. The van der Waals surface area contributed by atoms with Gasteiger partial charge in [0.1, 0.15) is 0 Å². The van der Waals surface area contributed by atoms with Crippen molar-refractivity contribution in [3.8, 4) is 0 Å². The Morgan fingerprint density at radius 2 is 1.07 bits per heavy atom. The van der Waals surface area contributed by atoms with Gasteiger partial charge in [0.05, 0.1) is 0 Å². The van der Waals surface area contributed by atoms with Crippen LogP contribution in [-0.4, -0.2) is 0 Å². The summed E-state index contributed by atoms with van der Waals surface area (Å²) >= 11 is 3.81. The molecule has 2 heteroatoms. The van der Waals surface area contributed by atoms with Crippen LogP contribution in [0.4, 0.5) is 0 Å². The Kier molecular flexibility index (Phi) is 5.84. The molecule has 0 amide bonds. The summed E-state index contributed by atoms with van der Waals surface area (Å²) in [6, 6.07) is 36.3. The van der Waals surface area contributed by atoms with E-state index in [9.17, 15) is 0 Å². The minimum atomic E-state index is -0.575. The Labute approximate surface area is 188 Å². The molecule has 4 aromatic rings. The van der Waals surface area contributed by atoms with Crippen LogP contribution in [0, 0.1) is 0 Å². The second kappa shape index (κ2) is 8.88. The predicted octanol–water partition coefficient (Wildman–Crippen LogP) is 6.09. The molecule has 0 radical (unpaired) electrons. The van der Waals surface area contributed by atoms with E-state index >= 15 is 0 Å². The summed E-state index contributed by atoms with van der Waals surface area (Å²) in [4.78, 5) is 0. The van der Waals surface area contributed by atoms with E-state index in [2.05, 4.69) is 113 Å². The Balaban J connectivity index is 1.65. The fourth-order valence-electron chi connectivity index (χ4n) is 4.27. The van der Waals surface area contributed by atoms with Crippen molar-refractivity contribution >= 4 is 39.8 Å². The number of hydrogen-bond acceptors (Lipinski definition) is 0. The van der Waals surface area contributed by atoms with Gasteiger partial charge in [-0.05, 0) is 77.8 Å². The van der Waals surface area contributed by atoms with Crippen molar-refractivity contribution < 1.29 is 0 Å². The standard InChI is InChI=1S/C28H24BrP/c29-27-19-21-11-12-22-14-16-24(18-17-23(27)15-13-21)28(20-22)30(25-7-3-1-4-8-25)26-9-5-2-6-10-26/h1-10,13-16,19-20H,11-12,17-18H2. The predicted molar refractivity (Wildman–Crippen MR) is 134 cm³/mol. The molecule has 0 nitrogen and oxygen atoms in total. The van der Waals surface area contributed by atoms with E-state index in [0.717, 1.165) is 25.7 Å². The van der Waals surface area contributed by atoms with Crippen molar-refractivity contribution in [3.63, 3.8) is 0 Å². The Bertz CT molecular complexity index is 1110.